The fourth-order valence-electron chi connectivity index (χ4n) is 3.89. The molecule has 0 N–H and O–H groups in total. The Bertz CT molecular complexity index is 564. The number of morpholine rings is 1. The SMILES string of the molecule is O=C(C1CC(F)C1)N1CCO[C@H]2[C@H](Oc3cccnc3)CC[C@@H]21. The Labute approximate surface area is 134 Å². The zero-order chi connectivity index (χ0) is 15.8. The van der Waals surface area contributed by atoms with E-state index in [0.29, 0.717) is 26.0 Å². The van der Waals surface area contributed by atoms with Crippen LogP contribution in [0.1, 0.15) is 25.7 Å². The van der Waals surface area contributed by atoms with Crippen molar-refractivity contribution in [2.24, 2.45) is 5.92 Å². The van der Waals surface area contributed by atoms with Gasteiger partial charge in [-0.3, -0.25) is 9.78 Å². The average Bonchev–Trinajstić information content (AvgIpc) is 2.95. The average molecular weight is 320 g/mol. The lowest BCUT2D eigenvalue weighted by Crippen LogP contribution is -2.57. The molecule has 0 bridgehead atoms. The lowest BCUT2D eigenvalue weighted by molar-refractivity contribution is -0.156. The molecule has 3 aliphatic rings. The van der Waals surface area contributed by atoms with Crippen molar-refractivity contribution in [2.45, 2.75) is 50.1 Å². The standard InChI is InChI=1S/C17H21FN2O3/c18-12-8-11(9-12)17(21)20-6-7-22-16-14(20)3-4-15(16)23-13-2-1-5-19-10-13/h1-2,5,10-12,14-16H,3-4,6-9H2/t11?,12?,14-,15+,16+/m0/s1. The first-order valence-electron chi connectivity index (χ1n) is 8.35. The van der Waals surface area contributed by atoms with Crippen LogP contribution in [-0.4, -0.2) is 53.4 Å². The van der Waals surface area contributed by atoms with E-state index in [2.05, 4.69) is 4.98 Å². The lowest BCUT2D eigenvalue weighted by atomic mass is 9.82. The maximum absolute atomic E-state index is 13.0. The Morgan fingerprint density at radius 1 is 1.39 bits per heavy atom. The maximum Gasteiger partial charge on any atom is 0.226 e. The lowest BCUT2D eigenvalue weighted by Gasteiger charge is -2.42. The Morgan fingerprint density at radius 3 is 3.00 bits per heavy atom. The second kappa shape index (κ2) is 6.07. The number of rotatable bonds is 3. The molecule has 3 atom stereocenters. The molecule has 1 aliphatic heterocycles. The van der Waals surface area contributed by atoms with Crippen LogP contribution in [0.25, 0.3) is 0 Å². The largest absolute Gasteiger partial charge is 0.486 e. The summed E-state index contributed by atoms with van der Waals surface area (Å²) in [6, 6.07) is 3.77. The summed E-state index contributed by atoms with van der Waals surface area (Å²) in [6.07, 6.45) is 4.91. The summed E-state index contributed by atoms with van der Waals surface area (Å²) in [5.74, 6) is 0.686. The highest BCUT2D eigenvalue weighted by molar-refractivity contribution is 5.80. The van der Waals surface area contributed by atoms with Gasteiger partial charge in [-0.1, -0.05) is 0 Å². The highest BCUT2D eigenvalue weighted by Crippen LogP contribution is 2.37. The minimum absolute atomic E-state index is 0.0524. The number of nitrogens with zero attached hydrogens (tertiary/aromatic N) is 2. The molecular formula is C17H21FN2O3. The van der Waals surface area contributed by atoms with Gasteiger partial charge in [0.05, 0.1) is 18.8 Å². The van der Waals surface area contributed by atoms with Gasteiger partial charge in [0.1, 0.15) is 24.1 Å². The molecule has 3 fully saturated rings. The van der Waals surface area contributed by atoms with Crippen molar-refractivity contribution in [3.8, 4) is 5.75 Å². The summed E-state index contributed by atoms with van der Waals surface area (Å²) in [6.45, 7) is 1.12. The number of ether oxygens (including phenoxy) is 2. The van der Waals surface area contributed by atoms with Crippen LogP contribution >= 0.6 is 0 Å². The number of aromatic nitrogens is 1. The molecule has 1 amide bonds. The first-order chi connectivity index (χ1) is 11.2. The summed E-state index contributed by atoms with van der Waals surface area (Å²) < 4.78 is 25.0. The van der Waals surface area contributed by atoms with Gasteiger partial charge in [-0.15, -0.1) is 0 Å². The molecule has 4 rings (SSSR count). The van der Waals surface area contributed by atoms with Crippen molar-refractivity contribution in [3.63, 3.8) is 0 Å². The van der Waals surface area contributed by atoms with E-state index >= 15 is 0 Å². The molecule has 6 heteroatoms. The first kappa shape index (κ1) is 14.9. The van der Waals surface area contributed by atoms with Gasteiger partial charge in [0, 0.05) is 18.7 Å². The second-order valence-electron chi connectivity index (χ2n) is 6.62. The highest BCUT2D eigenvalue weighted by atomic mass is 19.1. The van der Waals surface area contributed by atoms with E-state index in [-0.39, 0.29) is 30.1 Å². The summed E-state index contributed by atoms with van der Waals surface area (Å²) in [4.78, 5) is 18.6. The third kappa shape index (κ3) is 2.80. The number of hydrogen-bond donors (Lipinski definition) is 0. The van der Waals surface area contributed by atoms with E-state index in [9.17, 15) is 9.18 Å². The van der Waals surface area contributed by atoms with E-state index in [0.717, 1.165) is 18.6 Å². The molecule has 23 heavy (non-hydrogen) atoms. The predicted molar refractivity (Wildman–Crippen MR) is 80.7 cm³/mol. The second-order valence-corrected chi connectivity index (χ2v) is 6.62. The number of fused-ring (bicyclic) bond motifs is 1. The van der Waals surface area contributed by atoms with Crippen molar-refractivity contribution in [1.82, 2.24) is 9.88 Å². The zero-order valence-corrected chi connectivity index (χ0v) is 12.9. The van der Waals surface area contributed by atoms with Crippen LogP contribution in [0.3, 0.4) is 0 Å². The molecule has 0 unspecified atom stereocenters. The van der Waals surface area contributed by atoms with Crippen LogP contribution in [0.2, 0.25) is 0 Å². The molecule has 124 valence electrons. The Morgan fingerprint density at radius 2 is 2.26 bits per heavy atom. The molecule has 2 heterocycles. The smallest absolute Gasteiger partial charge is 0.226 e. The van der Waals surface area contributed by atoms with Gasteiger partial charge in [-0.05, 0) is 37.8 Å². The number of hydrogen-bond acceptors (Lipinski definition) is 4. The van der Waals surface area contributed by atoms with Crippen LogP contribution in [0.5, 0.6) is 5.75 Å². The van der Waals surface area contributed by atoms with Gasteiger partial charge < -0.3 is 14.4 Å². The summed E-state index contributed by atoms with van der Waals surface area (Å²) in [5.41, 5.74) is 0. The van der Waals surface area contributed by atoms with Gasteiger partial charge in [0.2, 0.25) is 5.91 Å². The van der Waals surface area contributed by atoms with Crippen LogP contribution in [0, 0.1) is 5.92 Å². The van der Waals surface area contributed by atoms with Gasteiger partial charge >= 0.3 is 0 Å². The van der Waals surface area contributed by atoms with Crippen molar-refractivity contribution in [2.75, 3.05) is 13.2 Å². The van der Waals surface area contributed by atoms with E-state index in [4.69, 9.17) is 9.47 Å². The van der Waals surface area contributed by atoms with E-state index in [1.165, 1.54) is 0 Å². The predicted octanol–water partition coefficient (Wildman–Crippen LogP) is 1.97. The fraction of sp³-hybridized carbons (Fsp3) is 0.647. The third-order valence-corrected chi connectivity index (χ3v) is 5.17. The number of carbonyl (C=O) groups excluding carboxylic acids is 1. The highest BCUT2D eigenvalue weighted by Gasteiger charge is 2.48. The van der Waals surface area contributed by atoms with Gasteiger partial charge in [-0.2, -0.15) is 0 Å². The van der Waals surface area contributed by atoms with Crippen LogP contribution in [-0.2, 0) is 9.53 Å². The van der Waals surface area contributed by atoms with Gasteiger partial charge in [0.25, 0.3) is 0 Å². The van der Waals surface area contributed by atoms with Crippen LogP contribution < -0.4 is 4.74 Å². The molecule has 2 aliphatic carbocycles. The van der Waals surface area contributed by atoms with Gasteiger partial charge in [-0.25, -0.2) is 4.39 Å². The minimum atomic E-state index is -0.800. The van der Waals surface area contributed by atoms with Crippen LogP contribution in [0.15, 0.2) is 24.5 Å². The molecule has 0 spiro atoms. The molecule has 2 saturated carbocycles. The maximum atomic E-state index is 13.0. The molecule has 5 nitrogen and oxygen atoms in total. The molecule has 1 saturated heterocycles. The zero-order valence-electron chi connectivity index (χ0n) is 12.9. The number of carbonyl (C=O) groups is 1. The number of alkyl halides is 1. The van der Waals surface area contributed by atoms with Crippen molar-refractivity contribution in [3.05, 3.63) is 24.5 Å². The Balaban J connectivity index is 1.43. The van der Waals surface area contributed by atoms with Crippen molar-refractivity contribution < 1.29 is 18.7 Å². The quantitative estimate of drug-likeness (QED) is 0.854. The molecule has 0 radical (unpaired) electrons. The molecule has 0 aromatic carbocycles. The van der Waals surface area contributed by atoms with Gasteiger partial charge in [0.15, 0.2) is 0 Å². The molecule has 1 aromatic rings. The summed E-state index contributed by atoms with van der Waals surface area (Å²) in [7, 11) is 0. The number of amides is 1. The van der Waals surface area contributed by atoms with Crippen LogP contribution in [0.4, 0.5) is 4.39 Å². The van der Waals surface area contributed by atoms with E-state index < -0.39 is 6.17 Å². The first-order valence-corrected chi connectivity index (χ1v) is 8.35. The molecule has 1 aromatic heterocycles. The number of pyridine rings is 1. The van der Waals surface area contributed by atoms with Crippen molar-refractivity contribution >= 4 is 5.91 Å². The van der Waals surface area contributed by atoms with Crippen molar-refractivity contribution in [1.29, 1.82) is 0 Å². The van der Waals surface area contributed by atoms with E-state index in [1.54, 1.807) is 12.4 Å². The summed E-state index contributed by atoms with van der Waals surface area (Å²) >= 11 is 0. The topological polar surface area (TPSA) is 51.7 Å². The normalized spacial score (nSPS) is 36.2. The Kier molecular flexibility index (Phi) is 3.93. The fourth-order valence-corrected chi connectivity index (χ4v) is 3.89. The number of halogens is 1. The Hall–Kier alpha value is -1.69. The monoisotopic (exact) mass is 320 g/mol. The minimum Gasteiger partial charge on any atom is -0.486 e. The summed E-state index contributed by atoms with van der Waals surface area (Å²) in [5, 5.41) is 0. The molecular weight excluding hydrogens is 299 g/mol. The van der Waals surface area contributed by atoms with E-state index in [1.807, 2.05) is 17.0 Å². The third-order valence-electron chi connectivity index (χ3n) is 5.17.